The molecule has 0 nitrogen and oxygen atoms in total. The van der Waals surface area contributed by atoms with Gasteiger partial charge in [0.05, 0.1) is 0 Å². The highest BCUT2D eigenvalue weighted by Gasteiger charge is 1.86. The zero-order valence-corrected chi connectivity index (χ0v) is 7.81. The molecule has 0 atom stereocenters. The van der Waals surface area contributed by atoms with Crippen LogP contribution >= 0.6 is 0 Å². The van der Waals surface area contributed by atoms with Gasteiger partial charge in [-0.25, -0.2) is 0 Å². The first kappa shape index (κ1) is 10.7. The summed E-state index contributed by atoms with van der Waals surface area (Å²) in [5.41, 5.74) is 0. The molecule has 0 heteroatoms. The van der Waals surface area contributed by atoms with Crippen LogP contribution in [0.5, 0.6) is 0 Å². The number of rotatable bonds is 7. The molecule has 0 heterocycles. The molecule has 0 aliphatic rings. The van der Waals surface area contributed by atoms with Crippen molar-refractivity contribution in [3.8, 4) is 0 Å². The zero-order chi connectivity index (χ0) is 8.36. The van der Waals surface area contributed by atoms with Gasteiger partial charge in [-0.1, -0.05) is 51.2 Å². The molecular weight excluding hydrogens is 132 g/mol. The van der Waals surface area contributed by atoms with E-state index in [1.54, 1.807) is 0 Å². The second-order valence-corrected chi connectivity index (χ2v) is 3.03. The Morgan fingerprint density at radius 2 is 1.64 bits per heavy atom. The lowest BCUT2D eigenvalue weighted by atomic mass is 10.1. The van der Waals surface area contributed by atoms with E-state index < -0.39 is 0 Å². The van der Waals surface area contributed by atoms with Gasteiger partial charge in [0.2, 0.25) is 0 Å². The van der Waals surface area contributed by atoms with E-state index in [9.17, 15) is 0 Å². The first-order valence-corrected chi connectivity index (χ1v) is 4.86. The van der Waals surface area contributed by atoms with Gasteiger partial charge in [-0.2, -0.15) is 0 Å². The molecule has 0 aromatic heterocycles. The summed E-state index contributed by atoms with van der Waals surface area (Å²) in [5.74, 6) is 0. The SMILES string of the molecule is [CH2]C=CCCCCCCCC. The predicted molar refractivity (Wildman–Crippen MR) is 52.5 cm³/mol. The van der Waals surface area contributed by atoms with Crippen molar-refractivity contribution in [3.63, 3.8) is 0 Å². The van der Waals surface area contributed by atoms with Gasteiger partial charge in [0.15, 0.2) is 0 Å². The molecule has 1 radical (unpaired) electrons. The van der Waals surface area contributed by atoms with Crippen LogP contribution < -0.4 is 0 Å². The maximum absolute atomic E-state index is 3.65. The molecule has 11 heavy (non-hydrogen) atoms. The van der Waals surface area contributed by atoms with Crippen LogP contribution in [0.3, 0.4) is 0 Å². The van der Waals surface area contributed by atoms with Crippen LogP contribution in [0.1, 0.15) is 51.9 Å². The summed E-state index contributed by atoms with van der Waals surface area (Å²) in [5, 5.41) is 0. The summed E-state index contributed by atoms with van der Waals surface area (Å²) in [6, 6.07) is 0. The third-order valence-electron chi connectivity index (χ3n) is 1.89. The highest BCUT2D eigenvalue weighted by molar-refractivity contribution is 4.83. The summed E-state index contributed by atoms with van der Waals surface area (Å²) in [6.45, 7) is 5.91. The van der Waals surface area contributed by atoms with E-state index in [2.05, 4.69) is 19.9 Å². The van der Waals surface area contributed by atoms with Gasteiger partial charge >= 0.3 is 0 Å². The molecule has 0 fully saturated rings. The van der Waals surface area contributed by atoms with Crippen molar-refractivity contribution in [1.82, 2.24) is 0 Å². The Bertz CT molecular complexity index is 82.0. The Morgan fingerprint density at radius 3 is 2.27 bits per heavy atom. The van der Waals surface area contributed by atoms with Crippen LogP contribution in [-0.2, 0) is 0 Å². The minimum atomic E-state index is 1.22. The molecule has 0 aromatic carbocycles. The molecule has 0 aliphatic heterocycles. The Hall–Kier alpha value is -0.260. The Morgan fingerprint density at radius 1 is 1.00 bits per heavy atom. The molecule has 0 rings (SSSR count). The third kappa shape index (κ3) is 9.74. The zero-order valence-electron chi connectivity index (χ0n) is 7.81. The molecule has 0 saturated carbocycles. The topological polar surface area (TPSA) is 0 Å². The van der Waals surface area contributed by atoms with Crippen molar-refractivity contribution in [3.05, 3.63) is 19.1 Å². The molecule has 0 aromatic rings. The average Bonchev–Trinajstić information content (AvgIpc) is 2.03. The molecule has 0 unspecified atom stereocenters. The Balaban J connectivity index is 2.79. The van der Waals surface area contributed by atoms with Crippen LogP contribution in [0.4, 0.5) is 0 Å². The molecule has 0 aliphatic carbocycles. The first-order valence-electron chi connectivity index (χ1n) is 4.86. The standard InChI is InChI=1S/C11H21/c1-3-5-7-9-11-10-8-6-4-2/h3,5H,1,4,6-11H2,2H3. The van der Waals surface area contributed by atoms with E-state index in [1.807, 2.05) is 6.08 Å². The van der Waals surface area contributed by atoms with E-state index >= 15 is 0 Å². The molecule has 65 valence electrons. The summed E-state index contributed by atoms with van der Waals surface area (Å²) < 4.78 is 0. The lowest BCUT2D eigenvalue weighted by molar-refractivity contribution is 0.611. The van der Waals surface area contributed by atoms with E-state index in [0.29, 0.717) is 0 Å². The summed E-state index contributed by atoms with van der Waals surface area (Å²) >= 11 is 0. The van der Waals surface area contributed by atoms with Gasteiger partial charge in [0.25, 0.3) is 0 Å². The smallest absolute Gasteiger partial charge is 0.0316 e. The summed E-state index contributed by atoms with van der Waals surface area (Å²) in [7, 11) is 0. The molecular formula is C11H21. The van der Waals surface area contributed by atoms with Crippen LogP contribution in [0.15, 0.2) is 12.2 Å². The fourth-order valence-electron chi connectivity index (χ4n) is 1.16. The van der Waals surface area contributed by atoms with E-state index in [-0.39, 0.29) is 0 Å². The highest BCUT2D eigenvalue weighted by atomic mass is 13.9. The number of hydrogen-bond donors (Lipinski definition) is 0. The van der Waals surface area contributed by atoms with Crippen molar-refractivity contribution >= 4 is 0 Å². The largest absolute Gasteiger partial charge is 0.0885 e. The fraction of sp³-hybridized carbons (Fsp3) is 0.727. The van der Waals surface area contributed by atoms with Crippen LogP contribution in [-0.4, -0.2) is 0 Å². The number of unbranched alkanes of at least 4 members (excludes halogenated alkanes) is 6. The lowest BCUT2D eigenvalue weighted by Crippen LogP contribution is -1.77. The second kappa shape index (κ2) is 9.74. The lowest BCUT2D eigenvalue weighted by Gasteiger charge is -1.96. The van der Waals surface area contributed by atoms with Gasteiger partial charge in [-0.15, -0.1) is 0 Å². The van der Waals surface area contributed by atoms with Crippen LogP contribution in [0.2, 0.25) is 0 Å². The van der Waals surface area contributed by atoms with Crippen molar-refractivity contribution in [2.24, 2.45) is 0 Å². The summed E-state index contributed by atoms with van der Waals surface area (Å²) in [6.07, 6.45) is 13.6. The molecule has 0 amide bonds. The molecule has 0 bridgehead atoms. The average molecular weight is 153 g/mol. The van der Waals surface area contributed by atoms with E-state index in [1.165, 1.54) is 44.9 Å². The monoisotopic (exact) mass is 153 g/mol. The van der Waals surface area contributed by atoms with Gasteiger partial charge < -0.3 is 0 Å². The minimum Gasteiger partial charge on any atom is -0.0885 e. The molecule has 0 spiro atoms. The van der Waals surface area contributed by atoms with E-state index in [0.717, 1.165) is 0 Å². The van der Waals surface area contributed by atoms with Gasteiger partial charge in [0, 0.05) is 0 Å². The third-order valence-corrected chi connectivity index (χ3v) is 1.89. The Labute approximate surface area is 71.7 Å². The van der Waals surface area contributed by atoms with Crippen molar-refractivity contribution in [2.75, 3.05) is 0 Å². The highest BCUT2D eigenvalue weighted by Crippen LogP contribution is 2.06. The van der Waals surface area contributed by atoms with Gasteiger partial charge in [-0.05, 0) is 19.8 Å². The maximum atomic E-state index is 3.65. The quantitative estimate of drug-likeness (QED) is 0.482. The first-order chi connectivity index (χ1) is 5.41. The minimum absolute atomic E-state index is 1.22. The van der Waals surface area contributed by atoms with Crippen LogP contribution in [0, 0.1) is 6.92 Å². The number of hydrogen-bond acceptors (Lipinski definition) is 0. The van der Waals surface area contributed by atoms with Gasteiger partial charge in [-0.3, -0.25) is 0 Å². The maximum Gasteiger partial charge on any atom is -0.0316 e. The normalized spacial score (nSPS) is 11.1. The van der Waals surface area contributed by atoms with E-state index in [4.69, 9.17) is 0 Å². The fourth-order valence-corrected chi connectivity index (χ4v) is 1.16. The van der Waals surface area contributed by atoms with Crippen molar-refractivity contribution in [2.45, 2.75) is 51.9 Å². The predicted octanol–water partition coefficient (Wildman–Crippen LogP) is 4.13. The Kier molecular flexibility index (Phi) is 9.51. The summed E-state index contributed by atoms with van der Waals surface area (Å²) in [4.78, 5) is 0. The van der Waals surface area contributed by atoms with Gasteiger partial charge in [0.1, 0.15) is 0 Å². The van der Waals surface area contributed by atoms with Crippen molar-refractivity contribution in [1.29, 1.82) is 0 Å². The number of allylic oxidation sites excluding steroid dienone is 2. The van der Waals surface area contributed by atoms with Crippen molar-refractivity contribution < 1.29 is 0 Å². The second-order valence-electron chi connectivity index (χ2n) is 3.03. The molecule has 0 saturated heterocycles. The molecule has 0 N–H and O–H groups in total. The van der Waals surface area contributed by atoms with Crippen LogP contribution in [0.25, 0.3) is 0 Å².